The van der Waals surface area contributed by atoms with Gasteiger partial charge in [-0.2, -0.15) is 0 Å². The van der Waals surface area contributed by atoms with E-state index >= 15 is 0 Å². The van der Waals surface area contributed by atoms with Crippen molar-refractivity contribution in [2.75, 3.05) is 14.1 Å². The van der Waals surface area contributed by atoms with Gasteiger partial charge in [0.2, 0.25) is 0 Å². The Morgan fingerprint density at radius 3 is 2.74 bits per heavy atom. The van der Waals surface area contributed by atoms with Crippen LogP contribution in [-0.4, -0.2) is 49.9 Å². The van der Waals surface area contributed by atoms with Crippen LogP contribution in [0.5, 0.6) is 0 Å². The summed E-state index contributed by atoms with van der Waals surface area (Å²) in [4.78, 5) is 29.8. The second-order valence-electron chi connectivity index (χ2n) is 7.40. The van der Waals surface area contributed by atoms with Crippen LogP contribution in [-0.2, 0) is 11.2 Å². The lowest BCUT2D eigenvalue weighted by Crippen LogP contribution is -2.28. The number of aromatic amines is 1. The second-order valence-corrected chi connectivity index (χ2v) is 7.40. The van der Waals surface area contributed by atoms with E-state index in [1.165, 1.54) is 23.2 Å². The van der Waals surface area contributed by atoms with Crippen molar-refractivity contribution in [2.45, 2.75) is 19.4 Å². The van der Waals surface area contributed by atoms with Crippen LogP contribution in [0.2, 0.25) is 0 Å². The minimum absolute atomic E-state index is 0.165. The molecule has 0 spiro atoms. The lowest BCUT2D eigenvalue weighted by Gasteiger charge is -2.16. The molecule has 1 unspecified atom stereocenters. The predicted molar refractivity (Wildman–Crippen MR) is 116 cm³/mol. The van der Waals surface area contributed by atoms with Gasteiger partial charge in [0.05, 0.1) is 23.8 Å². The molecular formula is C23H22FN5O2. The average molecular weight is 419 g/mol. The van der Waals surface area contributed by atoms with E-state index in [4.69, 9.17) is 0 Å². The summed E-state index contributed by atoms with van der Waals surface area (Å²) in [6, 6.07) is 6.41. The maximum absolute atomic E-state index is 13.8. The van der Waals surface area contributed by atoms with Crippen LogP contribution >= 0.6 is 0 Å². The molecule has 1 amide bonds. The van der Waals surface area contributed by atoms with Gasteiger partial charge in [0.1, 0.15) is 11.5 Å². The molecule has 8 heteroatoms. The molecule has 0 aliphatic heterocycles. The van der Waals surface area contributed by atoms with Gasteiger partial charge in [0, 0.05) is 43.0 Å². The number of benzene rings is 1. The standard InChI is InChI=1S/C23H22FN5O2/c1-4-15-17(18-11-25-12-19(28-18)21(30)23(31)29(2)3)10-27-22-20(15)16(9-26-22)13-6-5-7-14(24)8-13/h5-12,21,30H,4H2,1-3H3,(H,26,27). The van der Waals surface area contributed by atoms with Gasteiger partial charge in [-0.25, -0.2) is 14.4 Å². The van der Waals surface area contributed by atoms with E-state index in [1.807, 2.05) is 19.2 Å². The molecule has 0 fully saturated rings. The number of aliphatic hydroxyl groups excluding tert-OH is 1. The Balaban J connectivity index is 1.87. The normalized spacial score (nSPS) is 12.2. The molecule has 158 valence electrons. The van der Waals surface area contributed by atoms with Crippen molar-refractivity contribution in [3.05, 3.63) is 66.1 Å². The maximum Gasteiger partial charge on any atom is 0.257 e. The molecule has 0 aliphatic carbocycles. The van der Waals surface area contributed by atoms with E-state index in [0.29, 0.717) is 17.8 Å². The topological polar surface area (TPSA) is 95.0 Å². The number of nitrogens with zero attached hydrogens (tertiary/aromatic N) is 4. The van der Waals surface area contributed by atoms with Gasteiger partial charge in [0.25, 0.3) is 5.91 Å². The zero-order valence-electron chi connectivity index (χ0n) is 17.4. The summed E-state index contributed by atoms with van der Waals surface area (Å²) in [7, 11) is 3.13. The van der Waals surface area contributed by atoms with Gasteiger partial charge in [0.15, 0.2) is 6.10 Å². The summed E-state index contributed by atoms with van der Waals surface area (Å²) in [5.41, 5.74) is 4.64. The van der Waals surface area contributed by atoms with Crippen LogP contribution < -0.4 is 0 Å². The molecule has 31 heavy (non-hydrogen) atoms. The van der Waals surface area contributed by atoms with Crippen molar-refractivity contribution in [3.8, 4) is 22.4 Å². The van der Waals surface area contributed by atoms with E-state index in [-0.39, 0.29) is 11.5 Å². The second kappa shape index (κ2) is 8.23. The van der Waals surface area contributed by atoms with Gasteiger partial charge in [-0.3, -0.25) is 9.78 Å². The Morgan fingerprint density at radius 2 is 2.03 bits per heavy atom. The number of hydrogen-bond acceptors (Lipinski definition) is 5. The molecule has 7 nitrogen and oxygen atoms in total. The Labute approximate surface area is 178 Å². The highest BCUT2D eigenvalue weighted by molar-refractivity contribution is 5.99. The summed E-state index contributed by atoms with van der Waals surface area (Å²) >= 11 is 0. The number of aromatic nitrogens is 4. The fraction of sp³-hybridized carbons (Fsp3) is 0.217. The molecule has 3 heterocycles. The van der Waals surface area contributed by atoms with E-state index < -0.39 is 12.0 Å². The highest BCUT2D eigenvalue weighted by Gasteiger charge is 2.22. The Hall–Kier alpha value is -3.65. The smallest absolute Gasteiger partial charge is 0.257 e. The number of carbonyl (C=O) groups excluding carboxylic acids is 1. The fourth-order valence-electron chi connectivity index (χ4n) is 3.65. The van der Waals surface area contributed by atoms with Crippen molar-refractivity contribution >= 4 is 16.9 Å². The third kappa shape index (κ3) is 3.77. The molecule has 0 saturated carbocycles. The molecule has 4 aromatic rings. The van der Waals surface area contributed by atoms with Crippen molar-refractivity contribution in [2.24, 2.45) is 0 Å². The molecule has 3 aromatic heterocycles. The Bertz CT molecular complexity index is 1270. The number of rotatable bonds is 5. The third-order valence-corrected chi connectivity index (χ3v) is 5.18. The van der Waals surface area contributed by atoms with Crippen LogP contribution in [0.4, 0.5) is 4.39 Å². The molecule has 0 aliphatic rings. The number of halogens is 1. The van der Waals surface area contributed by atoms with Gasteiger partial charge >= 0.3 is 0 Å². The molecule has 2 N–H and O–H groups in total. The van der Waals surface area contributed by atoms with Crippen LogP contribution in [0.3, 0.4) is 0 Å². The predicted octanol–water partition coefficient (Wildman–Crippen LogP) is 3.51. The van der Waals surface area contributed by atoms with Crippen molar-refractivity contribution in [1.29, 1.82) is 0 Å². The molecule has 1 atom stereocenters. The number of aliphatic hydroxyl groups is 1. The van der Waals surface area contributed by atoms with E-state index in [0.717, 1.165) is 27.6 Å². The first kappa shape index (κ1) is 20.6. The monoisotopic (exact) mass is 419 g/mol. The van der Waals surface area contributed by atoms with Crippen LogP contribution in [0.15, 0.2) is 49.1 Å². The molecule has 0 bridgehead atoms. The number of H-pyrrole nitrogens is 1. The minimum Gasteiger partial charge on any atom is -0.377 e. The van der Waals surface area contributed by atoms with E-state index in [2.05, 4.69) is 19.9 Å². The first-order valence-corrected chi connectivity index (χ1v) is 9.87. The van der Waals surface area contributed by atoms with Crippen molar-refractivity contribution < 1.29 is 14.3 Å². The highest BCUT2D eigenvalue weighted by Crippen LogP contribution is 2.35. The Kier molecular flexibility index (Phi) is 5.48. The number of aryl methyl sites for hydroxylation is 1. The van der Waals surface area contributed by atoms with Gasteiger partial charge < -0.3 is 15.0 Å². The number of likely N-dealkylation sites (N-methyl/N-ethyl adjacent to an activating group) is 1. The SMILES string of the molecule is CCc1c(-c2cncc(C(O)C(=O)N(C)C)n2)cnc2[nH]cc(-c3cccc(F)c3)c12. The van der Waals surface area contributed by atoms with Gasteiger partial charge in [-0.15, -0.1) is 0 Å². The van der Waals surface area contributed by atoms with Crippen LogP contribution in [0, 0.1) is 5.82 Å². The fourth-order valence-corrected chi connectivity index (χ4v) is 3.65. The zero-order chi connectivity index (χ0) is 22.1. The van der Waals surface area contributed by atoms with Crippen LogP contribution in [0.1, 0.15) is 24.3 Å². The first-order valence-electron chi connectivity index (χ1n) is 9.87. The Morgan fingerprint density at radius 1 is 1.23 bits per heavy atom. The van der Waals surface area contributed by atoms with Crippen LogP contribution in [0.25, 0.3) is 33.4 Å². The molecule has 0 saturated heterocycles. The molecule has 1 aromatic carbocycles. The summed E-state index contributed by atoms with van der Waals surface area (Å²) in [6.45, 7) is 2.02. The number of carbonyl (C=O) groups is 1. The summed E-state index contributed by atoms with van der Waals surface area (Å²) in [5, 5.41) is 11.2. The third-order valence-electron chi connectivity index (χ3n) is 5.18. The van der Waals surface area contributed by atoms with Crippen molar-refractivity contribution in [3.63, 3.8) is 0 Å². The maximum atomic E-state index is 13.8. The average Bonchev–Trinajstić information content (AvgIpc) is 3.21. The minimum atomic E-state index is -1.40. The molecular weight excluding hydrogens is 397 g/mol. The number of nitrogens with one attached hydrogen (secondary N) is 1. The highest BCUT2D eigenvalue weighted by atomic mass is 19.1. The first-order chi connectivity index (χ1) is 14.9. The zero-order valence-corrected chi connectivity index (χ0v) is 17.4. The van der Waals surface area contributed by atoms with E-state index in [1.54, 1.807) is 32.6 Å². The lowest BCUT2D eigenvalue weighted by molar-refractivity contribution is -0.138. The molecule has 4 rings (SSSR count). The van der Waals surface area contributed by atoms with Gasteiger partial charge in [-0.05, 0) is 29.7 Å². The van der Waals surface area contributed by atoms with Gasteiger partial charge in [-0.1, -0.05) is 19.1 Å². The number of amides is 1. The number of pyridine rings is 1. The summed E-state index contributed by atoms with van der Waals surface area (Å²) < 4.78 is 13.8. The summed E-state index contributed by atoms with van der Waals surface area (Å²) in [6.07, 6.45) is 5.73. The number of fused-ring (bicyclic) bond motifs is 1. The largest absolute Gasteiger partial charge is 0.377 e. The quantitative estimate of drug-likeness (QED) is 0.516. The number of hydrogen-bond donors (Lipinski definition) is 2. The van der Waals surface area contributed by atoms with E-state index in [9.17, 15) is 14.3 Å². The van der Waals surface area contributed by atoms with Crippen molar-refractivity contribution in [1.82, 2.24) is 24.8 Å². The summed E-state index contributed by atoms with van der Waals surface area (Å²) in [5.74, 6) is -0.790. The lowest BCUT2D eigenvalue weighted by atomic mass is 9.96. The molecule has 0 radical (unpaired) electrons.